The second-order valence-electron chi connectivity index (χ2n) is 22.4. The van der Waals surface area contributed by atoms with Gasteiger partial charge in [0, 0.05) is 93.5 Å². The second kappa shape index (κ2) is 23.1. The van der Waals surface area contributed by atoms with Gasteiger partial charge in [0.1, 0.15) is 0 Å². The minimum Gasteiger partial charge on any atom is -0.385 e. The van der Waals surface area contributed by atoms with Crippen molar-refractivity contribution in [3.8, 4) is 0 Å². The van der Waals surface area contributed by atoms with Crippen LogP contribution in [0.1, 0.15) is 146 Å². The Bertz CT molecular complexity index is 2840. The van der Waals surface area contributed by atoms with E-state index in [1.807, 2.05) is 92.4 Å². The highest BCUT2D eigenvalue weighted by atomic mass is 32.2. The number of amides is 2. The van der Waals surface area contributed by atoms with Gasteiger partial charge in [0.25, 0.3) is 42.2 Å². The van der Waals surface area contributed by atoms with Crippen molar-refractivity contribution in [2.45, 2.75) is 173 Å². The number of hydrogen-bond donors (Lipinski definition) is 3. The molecule has 4 rings (SSSR count). The lowest BCUT2D eigenvalue weighted by molar-refractivity contribution is -0.525. The lowest BCUT2D eigenvalue weighted by Crippen LogP contribution is -2.43. The van der Waals surface area contributed by atoms with Crippen molar-refractivity contribution >= 4 is 59.5 Å². The molecule has 74 heavy (non-hydrogen) atoms. The Labute approximate surface area is 438 Å². The van der Waals surface area contributed by atoms with Crippen molar-refractivity contribution in [3.05, 3.63) is 82.6 Å². The van der Waals surface area contributed by atoms with Crippen molar-refractivity contribution in [1.82, 2.24) is 9.96 Å². The van der Waals surface area contributed by atoms with Crippen molar-refractivity contribution in [3.63, 3.8) is 0 Å². The van der Waals surface area contributed by atoms with Crippen LogP contribution in [0.15, 0.2) is 81.9 Å². The van der Waals surface area contributed by atoms with Gasteiger partial charge in [-0.3, -0.25) is 23.2 Å². The Balaban J connectivity index is 1.92. The number of carbonyl (C=O) groups is 3. The Kier molecular flexibility index (Phi) is 19.4. The highest BCUT2D eigenvalue weighted by molar-refractivity contribution is 7.90. The first-order valence-electron chi connectivity index (χ1n) is 24.5. The zero-order chi connectivity index (χ0) is 56.3. The summed E-state index contributed by atoms with van der Waals surface area (Å²) in [7, 11) is -12.1. The van der Waals surface area contributed by atoms with Crippen molar-refractivity contribution < 1.29 is 76.9 Å². The molecule has 2 amide bonds. The van der Waals surface area contributed by atoms with E-state index in [-0.39, 0.29) is 56.6 Å². The average molecular weight is 1100 g/mol. The zero-order valence-electron chi connectivity index (χ0n) is 45.2. The molecule has 2 unspecified atom stereocenters. The standard InChI is InChI=1S/C52H77N3O16S3/c1-36(73(62,63)64)19-21-40-37(2)51(12,26-16-34-72(59,60)61)42(53(40)48(6,7)28-32-69-47(3,4)5)17-15-18-43-52(13,30-31-68-14)39-35-38(74(65,66)67)20-22-41(39)54(43)49(8,9)29-33-70-50(10,11)27-25-46(58)71-55-44(56)23-24-45(55)57/h15,17-22,35H,1,16,23-34H2,2-14H3,(H2-,59,60,61,62,63,64,65,66,67)/p+1. The summed E-state index contributed by atoms with van der Waals surface area (Å²) in [6.07, 6.45) is 9.90. The molecule has 1 saturated heterocycles. The predicted molar refractivity (Wildman–Crippen MR) is 280 cm³/mol. The van der Waals surface area contributed by atoms with Gasteiger partial charge in [-0.1, -0.05) is 19.6 Å². The van der Waals surface area contributed by atoms with E-state index in [2.05, 4.69) is 11.2 Å². The van der Waals surface area contributed by atoms with Gasteiger partial charge in [0.05, 0.1) is 45.2 Å². The molecule has 1 fully saturated rings. The van der Waals surface area contributed by atoms with Crippen LogP contribution in [-0.2, 0) is 69.2 Å². The van der Waals surface area contributed by atoms with Crippen molar-refractivity contribution in [2.24, 2.45) is 5.41 Å². The molecule has 1 aromatic rings. The molecule has 3 heterocycles. The van der Waals surface area contributed by atoms with E-state index in [1.54, 1.807) is 33.1 Å². The fraction of sp³-hybridized carbons (Fsp3) is 0.615. The zero-order valence-corrected chi connectivity index (χ0v) is 47.7. The van der Waals surface area contributed by atoms with Gasteiger partial charge in [0.2, 0.25) is 5.69 Å². The first-order valence-corrected chi connectivity index (χ1v) is 29.0. The monoisotopic (exact) mass is 1100 g/mol. The molecular formula is C52H78N3O16S3+. The molecule has 1 aromatic carbocycles. The summed E-state index contributed by atoms with van der Waals surface area (Å²) in [6, 6.07) is 4.45. The maximum absolute atomic E-state index is 12.7. The Morgan fingerprint density at radius 2 is 1.45 bits per heavy atom. The molecule has 0 aliphatic carbocycles. The van der Waals surface area contributed by atoms with Crippen molar-refractivity contribution in [2.75, 3.05) is 32.7 Å². The van der Waals surface area contributed by atoms with Gasteiger partial charge in [-0.2, -0.15) is 29.8 Å². The number of rotatable bonds is 26. The molecule has 3 aliphatic heterocycles. The molecule has 3 aliphatic rings. The molecule has 3 N–H and O–H groups in total. The molecule has 0 radical (unpaired) electrons. The number of ether oxygens (including phenoxy) is 3. The number of imide groups is 1. The second-order valence-corrected chi connectivity index (χ2v) is 26.9. The number of hydroxylamine groups is 2. The van der Waals surface area contributed by atoms with Crippen LogP contribution < -0.4 is 0 Å². The Morgan fingerprint density at radius 3 is 2.00 bits per heavy atom. The summed E-state index contributed by atoms with van der Waals surface area (Å²) >= 11 is 0. The van der Waals surface area contributed by atoms with Gasteiger partial charge < -0.3 is 23.9 Å². The van der Waals surface area contributed by atoms with Gasteiger partial charge in [-0.25, -0.2) is 4.79 Å². The summed E-state index contributed by atoms with van der Waals surface area (Å²) in [5.41, 5.74) is -0.822. The Hall–Kier alpha value is -4.39. The van der Waals surface area contributed by atoms with E-state index in [1.165, 1.54) is 18.2 Å². The normalized spacial score (nSPS) is 21.2. The first-order chi connectivity index (χ1) is 33.7. The highest BCUT2D eigenvalue weighted by Crippen LogP contribution is 2.54. The summed E-state index contributed by atoms with van der Waals surface area (Å²) < 4.78 is 124. The third kappa shape index (κ3) is 15.4. The van der Waals surface area contributed by atoms with Gasteiger partial charge in [-0.15, -0.1) is 5.06 Å². The summed E-state index contributed by atoms with van der Waals surface area (Å²) in [4.78, 5) is 43.0. The van der Waals surface area contributed by atoms with Crippen LogP contribution in [0.3, 0.4) is 0 Å². The third-order valence-corrected chi connectivity index (χ3v) is 16.6. The van der Waals surface area contributed by atoms with Crippen molar-refractivity contribution in [1.29, 1.82) is 0 Å². The van der Waals surface area contributed by atoms with Crippen LogP contribution in [-0.4, -0.2) is 132 Å². The molecule has 0 spiro atoms. The SMILES string of the molecule is C=C(C=CC1=C(C)C(C)(CCCS(=O)(=O)O)C(=CC=CC2=[N+](C(C)(C)CCOC(C)(C)CCC(=O)ON3C(=O)CCC3=O)c3ccc(S(=O)(=O)O)cc3C2(C)CCOC)N1C(C)(C)CCOC(C)(C)C)S(=O)(=O)O. The van der Waals surface area contributed by atoms with Crippen LogP contribution in [0, 0.1) is 5.41 Å². The van der Waals surface area contributed by atoms with E-state index in [0.717, 1.165) is 11.3 Å². The topological polar surface area (TPSA) is 261 Å². The average Bonchev–Trinajstić information content (AvgIpc) is 3.78. The fourth-order valence-electron chi connectivity index (χ4n) is 9.54. The Morgan fingerprint density at radius 1 is 0.838 bits per heavy atom. The number of methoxy groups -OCH3 is 1. The predicted octanol–water partition coefficient (Wildman–Crippen LogP) is 8.32. The molecule has 2 atom stereocenters. The number of fused-ring (bicyclic) bond motifs is 1. The minimum atomic E-state index is -4.66. The first kappa shape index (κ1) is 62.2. The smallest absolute Gasteiger partial charge is 0.333 e. The van der Waals surface area contributed by atoms with Crippen LogP contribution in [0.25, 0.3) is 0 Å². The van der Waals surface area contributed by atoms with E-state index >= 15 is 0 Å². The largest absolute Gasteiger partial charge is 0.385 e. The number of benzene rings is 1. The lowest BCUT2D eigenvalue weighted by atomic mass is 9.76. The van der Waals surface area contributed by atoms with Gasteiger partial charge in [0.15, 0.2) is 11.3 Å². The van der Waals surface area contributed by atoms with E-state index < -0.39 is 91.9 Å². The molecule has 414 valence electrons. The molecular weight excluding hydrogens is 1020 g/mol. The molecule has 0 aromatic heterocycles. The third-order valence-electron chi connectivity index (χ3n) is 14.1. The quantitative estimate of drug-likeness (QED) is 0.0341. The van der Waals surface area contributed by atoms with Gasteiger partial charge in [-0.05, 0) is 130 Å². The van der Waals surface area contributed by atoms with Gasteiger partial charge >= 0.3 is 5.97 Å². The summed E-state index contributed by atoms with van der Waals surface area (Å²) in [6.45, 7) is 27.5. The molecule has 0 saturated carbocycles. The van der Waals surface area contributed by atoms with E-state index in [9.17, 15) is 53.3 Å². The fourth-order valence-corrected chi connectivity index (χ4v) is 10.8. The van der Waals surface area contributed by atoms with E-state index in [4.69, 9.17) is 19.0 Å². The molecule has 19 nitrogen and oxygen atoms in total. The van der Waals surface area contributed by atoms with Crippen LogP contribution in [0.4, 0.5) is 5.69 Å². The number of allylic oxidation sites excluding steroid dienone is 6. The minimum absolute atomic E-state index is 0.0264. The van der Waals surface area contributed by atoms with E-state index in [0.29, 0.717) is 53.6 Å². The highest BCUT2D eigenvalue weighted by Gasteiger charge is 2.53. The number of nitrogens with zero attached hydrogens (tertiary/aromatic N) is 3. The molecule has 22 heteroatoms. The van der Waals surface area contributed by atoms with Crippen LogP contribution in [0.5, 0.6) is 0 Å². The maximum atomic E-state index is 12.7. The lowest BCUT2D eigenvalue weighted by Gasteiger charge is -2.43. The maximum Gasteiger partial charge on any atom is 0.333 e. The summed E-state index contributed by atoms with van der Waals surface area (Å²) in [5.74, 6) is -2.43. The molecule has 0 bridgehead atoms. The van der Waals surface area contributed by atoms with Crippen LogP contribution >= 0.6 is 0 Å². The summed E-state index contributed by atoms with van der Waals surface area (Å²) in [5, 5.41) is 0.508. The number of hydrogen-bond acceptors (Lipinski definition) is 14. The van der Waals surface area contributed by atoms with Crippen LogP contribution in [0.2, 0.25) is 0 Å². The number of carbonyl (C=O) groups excluding carboxylic acids is 3.